The highest BCUT2D eigenvalue weighted by Crippen LogP contribution is 2.43. The molecule has 0 aliphatic heterocycles. The fraction of sp³-hybridized carbons (Fsp3) is 0.400. The molecule has 21 heavy (non-hydrogen) atoms. The van der Waals surface area contributed by atoms with Crippen LogP contribution in [0.25, 0.3) is 0 Å². The molecule has 1 unspecified atom stereocenters. The number of nitrogens with one attached hydrogen (secondary N) is 1. The normalized spacial score (nSPS) is 16.0. The summed E-state index contributed by atoms with van der Waals surface area (Å²) >= 11 is 12.1. The summed E-state index contributed by atoms with van der Waals surface area (Å²) in [5.41, 5.74) is 2.09. The number of hydrogen-bond acceptors (Lipinski definition) is 3. The first-order chi connectivity index (χ1) is 10.2. The molecule has 1 saturated carbocycles. The standard InChI is InChI=1S/C15H17Cl2N3O/c16-13-4-3-11(7-14(13)17)15(10-1-2-10)19-12-8-18-20(9-12)5-6-21/h3-4,7-10,15,19,21H,1-2,5-6H2. The van der Waals surface area contributed by atoms with E-state index in [1.807, 2.05) is 24.4 Å². The molecule has 112 valence electrons. The van der Waals surface area contributed by atoms with Gasteiger partial charge in [-0.1, -0.05) is 29.3 Å². The highest BCUT2D eigenvalue weighted by Gasteiger charge is 2.32. The van der Waals surface area contributed by atoms with Crippen molar-refractivity contribution in [3.05, 3.63) is 46.2 Å². The van der Waals surface area contributed by atoms with Gasteiger partial charge in [-0.15, -0.1) is 0 Å². The van der Waals surface area contributed by atoms with Gasteiger partial charge in [-0.2, -0.15) is 5.10 Å². The van der Waals surface area contributed by atoms with E-state index in [9.17, 15) is 0 Å². The summed E-state index contributed by atoms with van der Waals surface area (Å²) < 4.78 is 1.72. The molecule has 1 atom stereocenters. The fourth-order valence-corrected chi connectivity index (χ4v) is 2.76. The molecule has 1 fully saturated rings. The predicted octanol–water partition coefficient (Wildman–Crippen LogP) is 3.75. The van der Waals surface area contributed by atoms with Crippen LogP contribution in [0.2, 0.25) is 10.0 Å². The Bertz CT molecular complexity index is 625. The zero-order valence-electron chi connectivity index (χ0n) is 11.5. The molecule has 3 rings (SSSR count). The van der Waals surface area contributed by atoms with Gasteiger partial charge in [0.2, 0.25) is 0 Å². The predicted molar refractivity (Wildman–Crippen MR) is 84.9 cm³/mol. The van der Waals surface area contributed by atoms with Crippen LogP contribution in [0.15, 0.2) is 30.6 Å². The van der Waals surface area contributed by atoms with Gasteiger partial charge in [-0.25, -0.2) is 0 Å². The maximum Gasteiger partial charge on any atom is 0.0731 e. The highest BCUT2D eigenvalue weighted by atomic mass is 35.5. The summed E-state index contributed by atoms with van der Waals surface area (Å²) in [6.07, 6.45) is 6.11. The first-order valence-electron chi connectivity index (χ1n) is 7.02. The molecule has 0 radical (unpaired) electrons. The number of rotatable bonds is 6. The second kappa shape index (κ2) is 6.26. The van der Waals surface area contributed by atoms with Gasteiger partial charge < -0.3 is 10.4 Å². The number of benzene rings is 1. The third-order valence-electron chi connectivity index (χ3n) is 3.68. The van der Waals surface area contributed by atoms with Gasteiger partial charge >= 0.3 is 0 Å². The monoisotopic (exact) mass is 325 g/mol. The van der Waals surface area contributed by atoms with E-state index in [-0.39, 0.29) is 12.6 Å². The Hall–Kier alpha value is -1.23. The number of nitrogens with zero attached hydrogens (tertiary/aromatic N) is 2. The van der Waals surface area contributed by atoms with Crippen LogP contribution >= 0.6 is 23.2 Å². The topological polar surface area (TPSA) is 50.1 Å². The first kappa shape index (κ1) is 14.7. The van der Waals surface area contributed by atoms with Crippen LogP contribution in [-0.2, 0) is 6.54 Å². The van der Waals surface area contributed by atoms with Gasteiger partial charge in [-0.3, -0.25) is 4.68 Å². The number of aliphatic hydroxyl groups excluding tert-OH is 1. The molecule has 4 nitrogen and oxygen atoms in total. The molecule has 1 aliphatic rings. The molecule has 0 bridgehead atoms. The van der Waals surface area contributed by atoms with Gasteiger partial charge in [0.15, 0.2) is 0 Å². The number of halogens is 2. The number of aromatic nitrogens is 2. The lowest BCUT2D eigenvalue weighted by molar-refractivity contribution is 0.269. The van der Waals surface area contributed by atoms with Crippen LogP contribution < -0.4 is 5.32 Å². The van der Waals surface area contributed by atoms with Crippen LogP contribution in [-0.4, -0.2) is 21.5 Å². The van der Waals surface area contributed by atoms with E-state index in [0.717, 1.165) is 11.3 Å². The van der Waals surface area contributed by atoms with Crippen molar-refractivity contribution >= 4 is 28.9 Å². The van der Waals surface area contributed by atoms with Crippen molar-refractivity contribution in [1.82, 2.24) is 9.78 Å². The Morgan fingerprint density at radius 3 is 2.81 bits per heavy atom. The number of anilines is 1. The lowest BCUT2D eigenvalue weighted by Crippen LogP contribution is -2.12. The summed E-state index contributed by atoms with van der Waals surface area (Å²) in [5.74, 6) is 0.614. The van der Waals surface area contributed by atoms with Crippen LogP contribution in [0.1, 0.15) is 24.4 Å². The van der Waals surface area contributed by atoms with Gasteiger partial charge in [0, 0.05) is 6.20 Å². The highest BCUT2D eigenvalue weighted by molar-refractivity contribution is 6.42. The minimum atomic E-state index is 0.0833. The minimum Gasteiger partial charge on any atom is -0.394 e. The van der Waals surface area contributed by atoms with Crippen LogP contribution in [0.4, 0.5) is 5.69 Å². The molecule has 6 heteroatoms. The van der Waals surface area contributed by atoms with Gasteiger partial charge in [0.05, 0.1) is 41.1 Å². The SMILES string of the molecule is OCCn1cc(NC(c2ccc(Cl)c(Cl)c2)C2CC2)cn1. The summed E-state index contributed by atoms with van der Waals surface area (Å²) in [6.45, 7) is 0.586. The molecular weight excluding hydrogens is 309 g/mol. The molecule has 0 spiro atoms. The maximum absolute atomic E-state index is 8.94. The Kier molecular flexibility index (Phi) is 4.38. The van der Waals surface area contributed by atoms with Crippen molar-refractivity contribution in [1.29, 1.82) is 0 Å². The molecule has 0 saturated heterocycles. The third-order valence-corrected chi connectivity index (χ3v) is 4.42. The van der Waals surface area contributed by atoms with E-state index in [4.69, 9.17) is 28.3 Å². The van der Waals surface area contributed by atoms with Crippen molar-refractivity contribution in [3.63, 3.8) is 0 Å². The van der Waals surface area contributed by atoms with Gasteiger partial charge in [-0.05, 0) is 36.5 Å². The summed E-state index contributed by atoms with van der Waals surface area (Å²) in [7, 11) is 0. The molecule has 2 N–H and O–H groups in total. The average Bonchev–Trinajstić information content (AvgIpc) is 3.21. The molecular formula is C15H17Cl2N3O. The first-order valence-corrected chi connectivity index (χ1v) is 7.78. The fourth-order valence-electron chi connectivity index (χ4n) is 2.45. The summed E-state index contributed by atoms with van der Waals surface area (Å²) in [4.78, 5) is 0. The lowest BCUT2D eigenvalue weighted by Gasteiger charge is -2.19. The second-order valence-corrected chi connectivity index (χ2v) is 6.16. The Morgan fingerprint density at radius 1 is 1.33 bits per heavy atom. The summed E-state index contributed by atoms with van der Waals surface area (Å²) in [5, 5.41) is 17.8. The zero-order chi connectivity index (χ0) is 14.8. The van der Waals surface area contributed by atoms with Crippen molar-refractivity contribution < 1.29 is 5.11 Å². The molecule has 1 aromatic carbocycles. The molecule has 1 heterocycles. The minimum absolute atomic E-state index is 0.0833. The van der Waals surface area contributed by atoms with E-state index in [1.165, 1.54) is 12.8 Å². The number of hydrogen-bond donors (Lipinski definition) is 2. The third kappa shape index (κ3) is 3.51. The largest absolute Gasteiger partial charge is 0.394 e. The Morgan fingerprint density at radius 2 is 2.14 bits per heavy atom. The van der Waals surface area contributed by atoms with Crippen molar-refractivity contribution in [2.24, 2.45) is 5.92 Å². The van der Waals surface area contributed by atoms with Crippen molar-refractivity contribution in [2.75, 3.05) is 11.9 Å². The Balaban J connectivity index is 1.79. The van der Waals surface area contributed by atoms with Crippen LogP contribution in [0.3, 0.4) is 0 Å². The average molecular weight is 326 g/mol. The lowest BCUT2D eigenvalue weighted by atomic mass is 10.0. The van der Waals surface area contributed by atoms with Crippen molar-refractivity contribution in [2.45, 2.75) is 25.4 Å². The van der Waals surface area contributed by atoms with Crippen molar-refractivity contribution in [3.8, 4) is 0 Å². The van der Waals surface area contributed by atoms with E-state index < -0.39 is 0 Å². The van der Waals surface area contributed by atoms with E-state index in [1.54, 1.807) is 10.9 Å². The van der Waals surface area contributed by atoms with E-state index in [0.29, 0.717) is 22.5 Å². The molecule has 1 aliphatic carbocycles. The number of aliphatic hydroxyl groups is 1. The van der Waals surface area contributed by atoms with E-state index >= 15 is 0 Å². The quantitative estimate of drug-likeness (QED) is 0.850. The second-order valence-electron chi connectivity index (χ2n) is 5.35. The maximum atomic E-state index is 8.94. The van der Waals surface area contributed by atoms with E-state index in [2.05, 4.69) is 10.4 Å². The smallest absolute Gasteiger partial charge is 0.0731 e. The van der Waals surface area contributed by atoms with Crippen LogP contribution in [0.5, 0.6) is 0 Å². The molecule has 1 aromatic heterocycles. The Labute approximate surface area is 133 Å². The van der Waals surface area contributed by atoms with Gasteiger partial charge in [0.25, 0.3) is 0 Å². The summed E-state index contributed by atoms with van der Waals surface area (Å²) in [6, 6.07) is 6.00. The van der Waals surface area contributed by atoms with Crippen LogP contribution in [0, 0.1) is 5.92 Å². The molecule has 2 aromatic rings. The zero-order valence-corrected chi connectivity index (χ0v) is 13.0. The molecule has 0 amide bonds. The van der Waals surface area contributed by atoms with Gasteiger partial charge in [0.1, 0.15) is 0 Å².